The van der Waals surface area contributed by atoms with Gasteiger partial charge in [-0.05, 0) is 24.7 Å². The van der Waals surface area contributed by atoms with Crippen LogP contribution in [0.4, 0.5) is 0 Å². The van der Waals surface area contributed by atoms with E-state index in [1.54, 1.807) is 0 Å². The van der Waals surface area contributed by atoms with Crippen LogP contribution in [0.25, 0.3) is 0 Å². The molecule has 1 aliphatic carbocycles. The first-order chi connectivity index (χ1) is 7.23. The van der Waals surface area contributed by atoms with E-state index in [1.807, 2.05) is 13.8 Å². The molecule has 0 spiro atoms. The van der Waals surface area contributed by atoms with Crippen molar-refractivity contribution in [3.8, 4) is 0 Å². The van der Waals surface area contributed by atoms with Gasteiger partial charge in [-0.25, -0.2) is 0 Å². The van der Waals surface area contributed by atoms with E-state index in [4.69, 9.17) is 5.11 Å². The number of aliphatic carboxylic acids is 1. The lowest BCUT2D eigenvalue weighted by Gasteiger charge is -2.27. The zero-order chi connectivity index (χ0) is 12.6. The van der Waals surface area contributed by atoms with Gasteiger partial charge in [-0.3, -0.25) is 9.59 Å². The second-order valence-corrected chi connectivity index (χ2v) is 5.55. The summed E-state index contributed by atoms with van der Waals surface area (Å²) in [6, 6.07) is 0. The molecule has 0 aliphatic heterocycles. The molecule has 0 amide bonds. The maximum Gasteiger partial charge on any atom is 0.304 e. The third kappa shape index (κ3) is 2.49. The molecule has 4 heteroatoms. The number of carboxylic acid groups (broad SMARTS) is 1. The third-order valence-corrected chi connectivity index (χ3v) is 3.50. The van der Waals surface area contributed by atoms with Crippen LogP contribution < -0.4 is 0 Å². The van der Waals surface area contributed by atoms with Crippen LogP contribution in [-0.2, 0) is 14.4 Å². The molecule has 0 bridgehead atoms. The Morgan fingerprint density at radius 2 is 1.94 bits per heavy atom. The first-order valence-corrected chi connectivity index (χ1v) is 5.41. The van der Waals surface area contributed by atoms with Crippen molar-refractivity contribution in [2.24, 2.45) is 16.7 Å². The Hall–Kier alpha value is -1.19. The number of carbonyl (C=O) groups excluding carboxylic acids is 2. The molecule has 0 aromatic heterocycles. The zero-order valence-corrected chi connectivity index (χ0v) is 9.95. The Morgan fingerprint density at radius 3 is 2.19 bits per heavy atom. The first kappa shape index (κ1) is 12.9. The van der Waals surface area contributed by atoms with Crippen molar-refractivity contribution < 1.29 is 19.5 Å². The molecule has 0 radical (unpaired) electrons. The average Bonchev–Trinajstić information content (AvgIpc) is 2.73. The van der Waals surface area contributed by atoms with E-state index in [9.17, 15) is 14.4 Å². The van der Waals surface area contributed by atoms with Crippen LogP contribution >= 0.6 is 0 Å². The van der Waals surface area contributed by atoms with E-state index in [0.29, 0.717) is 6.29 Å². The number of carboxylic acids is 1. The van der Waals surface area contributed by atoms with Crippen LogP contribution in [0.2, 0.25) is 0 Å². The maximum atomic E-state index is 11.3. The van der Waals surface area contributed by atoms with Gasteiger partial charge in [-0.2, -0.15) is 0 Å². The summed E-state index contributed by atoms with van der Waals surface area (Å²) in [6.45, 7) is 5.39. The van der Waals surface area contributed by atoms with Gasteiger partial charge >= 0.3 is 5.97 Å². The lowest BCUT2D eigenvalue weighted by atomic mass is 9.74. The van der Waals surface area contributed by atoms with Gasteiger partial charge in [0, 0.05) is 11.8 Å². The second-order valence-electron chi connectivity index (χ2n) is 5.55. The molecule has 16 heavy (non-hydrogen) atoms. The van der Waals surface area contributed by atoms with Crippen molar-refractivity contribution in [3.63, 3.8) is 0 Å². The van der Waals surface area contributed by atoms with Gasteiger partial charge in [0.1, 0.15) is 12.1 Å². The molecule has 2 atom stereocenters. The van der Waals surface area contributed by atoms with Crippen molar-refractivity contribution in [1.82, 2.24) is 0 Å². The second kappa shape index (κ2) is 4.00. The van der Waals surface area contributed by atoms with Gasteiger partial charge in [0.05, 0.1) is 6.42 Å². The Morgan fingerprint density at radius 1 is 1.44 bits per heavy atom. The molecule has 90 valence electrons. The predicted molar refractivity (Wildman–Crippen MR) is 57.9 cm³/mol. The molecule has 4 nitrogen and oxygen atoms in total. The fourth-order valence-corrected chi connectivity index (χ4v) is 2.67. The number of hydrogen-bond donors (Lipinski definition) is 1. The lowest BCUT2D eigenvalue weighted by molar-refractivity contribution is -0.143. The summed E-state index contributed by atoms with van der Waals surface area (Å²) in [6.07, 6.45) is 1.29. The minimum atomic E-state index is -1.02. The van der Waals surface area contributed by atoms with Crippen molar-refractivity contribution in [2.45, 2.75) is 40.0 Å². The van der Waals surface area contributed by atoms with Crippen LogP contribution in [0, 0.1) is 16.7 Å². The standard InChI is InChI=1S/C12H18O4/c1-8(14)4-12(7-13,6-10(15)16)9-5-11(9,2)3/h7,9H,4-6H2,1-3H3,(H,15,16). The first-order valence-electron chi connectivity index (χ1n) is 5.41. The molecule has 1 N–H and O–H groups in total. The lowest BCUT2D eigenvalue weighted by Crippen LogP contribution is -2.32. The normalized spacial score (nSPS) is 25.6. The number of ketones is 1. The summed E-state index contributed by atoms with van der Waals surface area (Å²) in [5.41, 5.74) is -1.02. The number of hydrogen-bond acceptors (Lipinski definition) is 3. The van der Waals surface area contributed by atoms with E-state index in [1.165, 1.54) is 6.92 Å². The Bertz CT molecular complexity index is 314. The number of aldehydes is 1. The highest BCUT2D eigenvalue weighted by molar-refractivity contribution is 5.84. The van der Waals surface area contributed by atoms with Crippen molar-refractivity contribution in [3.05, 3.63) is 0 Å². The van der Waals surface area contributed by atoms with Crippen LogP contribution in [0.1, 0.15) is 40.0 Å². The van der Waals surface area contributed by atoms with Crippen LogP contribution in [0.3, 0.4) is 0 Å². The molecule has 1 rings (SSSR count). The summed E-state index contributed by atoms with van der Waals surface area (Å²) in [5, 5.41) is 8.87. The van der Waals surface area contributed by atoms with E-state index in [0.717, 1.165) is 6.42 Å². The number of Topliss-reactive ketones (excluding diaryl/α,β-unsaturated/α-hetero) is 1. The Kier molecular flexibility index (Phi) is 3.22. The monoisotopic (exact) mass is 226 g/mol. The molecule has 0 saturated heterocycles. The minimum absolute atomic E-state index is 0.0116. The molecule has 0 aromatic carbocycles. The quantitative estimate of drug-likeness (QED) is 0.699. The zero-order valence-electron chi connectivity index (χ0n) is 9.95. The number of carbonyl (C=O) groups is 3. The molecular formula is C12H18O4. The largest absolute Gasteiger partial charge is 0.481 e. The summed E-state index contributed by atoms with van der Waals surface area (Å²) >= 11 is 0. The van der Waals surface area contributed by atoms with E-state index >= 15 is 0 Å². The van der Waals surface area contributed by atoms with Gasteiger partial charge in [-0.15, -0.1) is 0 Å². The Labute approximate surface area is 95.0 Å². The molecular weight excluding hydrogens is 208 g/mol. The molecule has 0 aromatic rings. The van der Waals surface area contributed by atoms with Crippen molar-refractivity contribution in [1.29, 1.82) is 0 Å². The summed E-state index contributed by atoms with van der Waals surface area (Å²) in [7, 11) is 0. The summed E-state index contributed by atoms with van der Waals surface area (Å²) < 4.78 is 0. The van der Waals surface area contributed by atoms with Gasteiger partial charge in [0.25, 0.3) is 0 Å². The van der Waals surface area contributed by atoms with Crippen LogP contribution in [-0.4, -0.2) is 23.1 Å². The third-order valence-electron chi connectivity index (χ3n) is 3.50. The fourth-order valence-electron chi connectivity index (χ4n) is 2.67. The predicted octanol–water partition coefficient (Wildman–Crippen LogP) is 1.67. The molecule has 2 unspecified atom stereocenters. The molecule has 1 fully saturated rings. The van der Waals surface area contributed by atoms with Gasteiger partial charge < -0.3 is 9.90 Å². The average molecular weight is 226 g/mol. The SMILES string of the molecule is CC(=O)CC(C=O)(CC(=O)O)C1CC1(C)C. The minimum Gasteiger partial charge on any atom is -0.481 e. The fraction of sp³-hybridized carbons (Fsp3) is 0.750. The van der Waals surface area contributed by atoms with E-state index in [2.05, 4.69) is 0 Å². The highest BCUT2D eigenvalue weighted by atomic mass is 16.4. The molecule has 1 saturated carbocycles. The Balaban J connectivity index is 2.94. The molecule has 0 heterocycles. The summed E-state index contributed by atoms with van der Waals surface area (Å²) in [5.74, 6) is -1.13. The van der Waals surface area contributed by atoms with E-state index in [-0.39, 0.29) is 30.0 Å². The van der Waals surface area contributed by atoms with Crippen LogP contribution in [0.15, 0.2) is 0 Å². The topological polar surface area (TPSA) is 71.4 Å². The molecule has 1 aliphatic rings. The smallest absolute Gasteiger partial charge is 0.304 e. The van der Waals surface area contributed by atoms with Crippen molar-refractivity contribution >= 4 is 18.0 Å². The number of rotatable bonds is 6. The van der Waals surface area contributed by atoms with Gasteiger partial charge in [0.15, 0.2) is 0 Å². The highest BCUT2D eigenvalue weighted by Gasteiger charge is 2.58. The maximum absolute atomic E-state index is 11.3. The van der Waals surface area contributed by atoms with Gasteiger partial charge in [-0.1, -0.05) is 13.8 Å². The van der Waals surface area contributed by atoms with Gasteiger partial charge in [0.2, 0.25) is 0 Å². The summed E-state index contributed by atoms with van der Waals surface area (Å²) in [4.78, 5) is 33.3. The highest BCUT2D eigenvalue weighted by Crippen LogP contribution is 2.62. The van der Waals surface area contributed by atoms with Crippen molar-refractivity contribution in [2.75, 3.05) is 0 Å². The van der Waals surface area contributed by atoms with Crippen LogP contribution in [0.5, 0.6) is 0 Å². The van der Waals surface area contributed by atoms with E-state index < -0.39 is 11.4 Å².